The standard InChI is InChI=1S/C24H25N5O4S/c1-5-33-23(32)15-8-10-16(11-9-15)26-19(30)14-28-22(31)21-17(13-25-29(21)24(2,3)4)20(27-28)18-7-6-12-34-18/h6-13H,5,14H2,1-4H3,(H,26,30). The molecular formula is C24H25N5O4S. The summed E-state index contributed by atoms with van der Waals surface area (Å²) >= 11 is 1.50. The van der Waals surface area contributed by atoms with Crippen LogP contribution >= 0.6 is 11.3 Å². The summed E-state index contributed by atoms with van der Waals surface area (Å²) in [6, 6.07) is 10.2. The van der Waals surface area contributed by atoms with Crippen molar-refractivity contribution in [3.8, 4) is 10.6 Å². The average Bonchev–Trinajstić information content (AvgIpc) is 3.47. The number of rotatable bonds is 6. The van der Waals surface area contributed by atoms with E-state index in [2.05, 4.69) is 15.5 Å². The molecule has 0 spiro atoms. The highest BCUT2D eigenvalue weighted by Gasteiger charge is 2.24. The number of carbonyl (C=O) groups excluding carboxylic acids is 2. The second-order valence-electron chi connectivity index (χ2n) is 8.62. The average molecular weight is 480 g/mol. The van der Waals surface area contributed by atoms with Gasteiger partial charge in [-0.2, -0.15) is 10.2 Å². The van der Waals surface area contributed by atoms with Crippen molar-refractivity contribution in [2.24, 2.45) is 0 Å². The molecule has 1 amide bonds. The summed E-state index contributed by atoms with van der Waals surface area (Å²) in [7, 11) is 0. The maximum absolute atomic E-state index is 13.4. The van der Waals surface area contributed by atoms with Crippen LogP contribution < -0.4 is 10.9 Å². The van der Waals surface area contributed by atoms with Crippen molar-refractivity contribution < 1.29 is 14.3 Å². The van der Waals surface area contributed by atoms with Gasteiger partial charge in [0.05, 0.1) is 34.2 Å². The smallest absolute Gasteiger partial charge is 0.338 e. The van der Waals surface area contributed by atoms with Crippen LogP contribution in [-0.2, 0) is 21.6 Å². The van der Waals surface area contributed by atoms with Gasteiger partial charge < -0.3 is 10.1 Å². The van der Waals surface area contributed by atoms with Gasteiger partial charge in [-0.15, -0.1) is 11.3 Å². The summed E-state index contributed by atoms with van der Waals surface area (Å²) in [5.74, 6) is -0.849. The van der Waals surface area contributed by atoms with Crippen molar-refractivity contribution in [3.63, 3.8) is 0 Å². The number of nitrogens with zero attached hydrogens (tertiary/aromatic N) is 4. The van der Waals surface area contributed by atoms with Gasteiger partial charge in [-0.05, 0) is 63.4 Å². The van der Waals surface area contributed by atoms with Crippen LogP contribution in [0, 0.1) is 0 Å². The molecule has 0 fully saturated rings. The highest BCUT2D eigenvalue weighted by Crippen LogP contribution is 2.30. The first kappa shape index (κ1) is 23.4. The Bertz CT molecular complexity index is 1400. The zero-order chi connectivity index (χ0) is 24.5. The molecule has 0 atom stereocenters. The fraction of sp³-hybridized carbons (Fsp3) is 0.292. The van der Waals surface area contributed by atoms with Crippen molar-refractivity contribution in [2.45, 2.75) is 39.8 Å². The van der Waals surface area contributed by atoms with E-state index in [1.54, 1.807) is 42.1 Å². The molecule has 0 aliphatic carbocycles. The number of nitrogens with one attached hydrogen (secondary N) is 1. The first-order valence-electron chi connectivity index (χ1n) is 10.8. The van der Waals surface area contributed by atoms with E-state index in [1.807, 2.05) is 38.3 Å². The van der Waals surface area contributed by atoms with E-state index in [1.165, 1.54) is 16.0 Å². The fourth-order valence-corrected chi connectivity index (χ4v) is 4.24. The number of benzene rings is 1. The van der Waals surface area contributed by atoms with Gasteiger partial charge in [-0.25, -0.2) is 9.48 Å². The lowest BCUT2D eigenvalue weighted by Crippen LogP contribution is -2.33. The van der Waals surface area contributed by atoms with E-state index in [0.29, 0.717) is 27.8 Å². The number of hydrogen-bond acceptors (Lipinski definition) is 7. The Balaban J connectivity index is 1.66. The van der Waals surface area contributed by atoms with E-state index in [-0.39, 0.29) is 13.2 Å². The zero-order valence-electron chi connectivity index (χ0n) is 19.4. The molecule has 0 saturated heterocycles. The molecule has 4 rings (SSSR count). The lowest BCUT2D eigenvalue weighted by Gasteiger charge is -2.20. The van der Waals surface area contributed by atoms with Crippen LogP contribution in [0.25, 0.3) is 21.5 Å². The molecule has 0 aliphatic rings. The van der Waals surface area contributed by atoms with E-state index in [4.69, 9.17) is 4.74 Å². The highest BCUT2D eigenvalue weighted by atomic mass is 32.1. The Labute approximate surface area is 200 Å². The van der Waals surface area contributed by atoms with Gasteiger partial charge >= 0.3 is 5.97 Å². The molecule has 0 bridgehead atoms. The molecule has 1 aromatic carbocycles. The predicted octanol–water partition coefficient (Wildman–Crippen LogP) is 3.89. The summed E-state index contributed by atoms with van der Waals surface area (Å²) in [5.41, 5.74) is 1.06. The molecule has 4 aromatic rings. The first-order chi connectivity index (χ1) is 16.2. The molecule has 1 N–H and O–H groups in total. The zero-order valence-corrected chi connectivity index (χ0v) is 20.2. The molecule has 176 valence electrons. The van der Waals surface area contributed by atoms with Gasteiger partial charge in [0.2, 0.25) is 5.91 Å². The maximum Gasteiger partial charge on any atom is 0.338 e. The lowest BCUT2D eigenvalue weighted by atomic mass is 10.1. The maximum atomic E-state index is 13.4. The molecule has 3 heterocycles. The fourth-order valence-electron chi connectivity index (χ4n) is 3.52. The monoisotopic (exact) mass is 479 g/mol. The number of esters is 1. The van der Waals surface area contributed by atoms with E-state index in [9.17, 15) is 14.4 Å². The Morgan fingerprint density at radius 1 is 1.15 bits per heavy atom. The van der Waals surface area contributed by atoms with Gasteiger partial charge in [0.25, 0.3) is 5.56 Å². The second-order valence-corrected chi connectivity index (χ2v) is 9.57. The Hall–Kier alpha value is -3.79. The molecule has 34 heavy (non-hydrogen) atoms. The van der Waals surface area contributed by atoms with Gasteiger partial charge in [0, 0.05) is 5.69 Å². The number of amides is 1. The van der Waals surface area contributed by atoms with Crippen LogP contribution in [0.4, 0.5) is 5.69 Å². The van der Waals surface area contributed by atoms with Crippen molar-refractivity contribution >= 4 is 39.8 Å². The van der Waals surface area contributed by atoms with Crippen LogP contribution in [0.15, 0.2) is 52.8 Å². The van der Waals surface area contributed by atoms with Crippen molar-refractivity contribution in [1.82, 2.24) is 19.6 Å². The van der Waals surface area contributed by atoms with Gasteiger partial charge in [-0.3, -0.25) is 14.3 Å². The summed E-state index contributed by atoms with van der Waals surface area (Å²) in [4.78, 5) is 38.8. The summed E-state index contributed by atoms with van der Waals surface area (Å²) in [6.45, 7) is 7.62. The normalized spacial score (nSPS) is 11.5. The number of ether oxygens (including phenoxy) is 1. The Morgan fingerprint density at radius 2 is 1.88 bits per heavy atom. The molecule has 10 heteroatoms. The summed E-state index contributed by atoms with van der Waals surface area (Å²) < 4.78 is 7.81. The molecule has 0 unspecified atom stereocenters. The van der Waals surface area contributed by atoms with Crippen molar-refractivity contribution in [2.75, 3.05) is 11.9 Å². The Kier molecular flexibility index (Phi) is 6.34. The number of fused-ring (bicyclic) bond motifs is 1. The van der Waals surface area contributed by atoms with Crippen LogP contribution in [0.1, 0.15) is 38.1 Å². The number of thiophene rings is 1. The number of hydrogen-bond donors (Lipinski definition) is 1. The van der Waals surface area contributed by atoms with Crippen LogP contribution in [0.5, 0.6) is 0 Å². The second kappa shape index (κ2) is 9.22. The summed E-state index contributed by atoms with van der Waals surface area (Å²) in [5, 5.41) is 14.3. The van der Waals surface area contributed by atoms with E-state index >= 15 is 0 Å². The first-order valence-corrected chi connectivity index (χ1v) is 11.7. The molecule has 9 nitrogen and oxygen atoms in total. The van der Waals surface area contributed by atoms with Crippen molar-refractivity contribution in [1.29, 1.82) is 0 Å². The topological polar surface area (TPSA) is 108 Å². The van der Waals surface area contributed by atoms with Crippen LogP contribution in [0.2, 0.25) is 0 Å². The third-order valence-corrected chi connectivity index (χ3v) is 5.92. The lowest BCUT2D eigenvalue weighted by molar-refractivity contribution is -0.117. The van der Waals surface area contributed by atoms with Gasteiger partial charge in [0.15, 0.2) is 0 Å². The largest absolute Gasteiger partial charge is 0.462 e. The molecule has 3 aromatic heterocycles. The minimum Gasteiger partial charge on any atom is -0.462 e. The number of anilines is 1. The number of aromatic nitrogens is 4. The SMILES string of the molecule is CCOC(=O)c1ccc(NC(=O)Cn2nc(-c3cccs3)c3cnn(C(C)(C)C)c3c2=O)cc1. The minimum atomic E-state index is -0.435. The minimum absolute atomic E-state index is 0.276. The van der Waals surface area contributed by atoms with Crippen molar-refractivity contribution in [3.05, 3.63) is 63.9 Å². The quantitative estimate of drug-likeness (QED) is 0.420. The number of carbonyl (C=O) groups is 2. The predicted molar refractivity (Wildman–Crippen MR) is 131 cm³/mol. The summed E-state index contributed by atoms with van der Waals surface area (Å²) in [6.07, 6.45) is 1.65. The van der Waals surface area contributed by atoms with Crippen LogP contribution in [-0.4, -0.2) is 38.0 Å². The molecule has 0 saturated carbocycles. The van der Waals surface area contributed by atoms with Gasteiger partial charge in [0.1, 0.15) is 17.8 Å². The molecule has 0 aliphatic heterocycles. The van der Waals surface area contributed by atoms with E-state index < -0.39 is 23.0 Å². The third-order valence-electron chi connectivity index (χ3n) is 5.05. The molecule has 0 radical (unpaired) electrons. The van der Waals surface area contributed by atoms with Gasteiger partial charge in [-0.1, -0.05) is 6.07 Å². The third kappa shape index (κ3) is 4.62. The highest BCUT2D eigenvalue weighted by molar-refractivity contribution is 7.13. The van der Waals surface area contributed by atoms with E-state index in [0.717, 1.165) is 4.88 Å². The van der Waals surface area contributed by atoms with Crippen LogP contribution in [0.3, 0.4) is 0 Å². The molecular weight excluding hydrogens is 454 g/mol. The Morgan fingerprint density at radius 3 is 2.50 bits per heavy atom.